The van der Waals surface area contributed by atoms with Gasteiger partial charge in [-0.25, -0.2) is 0 Å². The van der Waals surface area contributed by atoms with E-state index in [-0.39, 0.29) is 5.56 Å². The normalized spacial score (nSPS) is 16.2. The van der Waals surface area contributed by atoms with Crippen molar-refractivity contribution in [1.82, 2.24) is 0 Å². The molecule has 1 N–H and O–H groups in total. The monoisotopic (exact) mass is 530 g/mol. The predicted molar refractivity (Wildman–Crippen MR) is 96.9 cm³/mol. The van der Waals surface area contributed by atoms with Crippen LogP contribution in [0.3, 0.4) is 0 Å². The molecule has 0 aliphatic rings. The lowest BCUT2D eigenvalue weighted by Gasteiger charge is -2.41. The Balaban J connectivity index is 2.47. The minimum atomic E-state index is -7.98. The molecule has 14 heteroatoms. The van der Waals surface area contributed by atoms with Crippen LogP contribution in [0.5, 0.6) is 0 Å². The van der Waals surface area contributed by atoms with Gasteiger partial charge in [-0.15, -0.1) is 0 Å². The molecule has 2 aromatic carbocycles. The maximum absolute atomic E-state index is 14.3. The lowest BCUT2D eigenvalue weighted by atomic mass is 9.83. The molecule has 0 amide bonds. The van der Waals surface area contributed by atoms with Crippen molar-refractivity contribution in [3.05, 3.63) is 60.2 Å². The largest absolute Gasteiger partial charge is 0.460 e. The molecule has 0 fully saturated rings. The summed E-state index contributed by atoms with van der Waals surface area (Å²) in [6, 6.07) is 12.1. The minimum absolute atomic E-state index is 0.222. The third kappa shape index (κ3) is 4.68. The fraction of sp³-hybridized carbons (Fsp3) is 0.429. The number of halogens is 13. The molecule has 0 heterocycles. The first kappa shape index (κ1) is 28.7. The summed E-state index contributed by atoms with van der Waals surface area (Å²) in [7, 11) is 0. The van der Waals surface area contributed by atoms with E-state index in [1.165, 1.54) is 18.2 Å². The van der Waals surface area contributed by atoms with Crippen LogP contribution < -0.4 is 0 Å². The summed E-state index contributed by atoms with van der Waals surface area (Å²) in [4.78, 5) is 0. The fourth-order valence-electron chi connectivity index (χ4n) is 3.11. The molecule has 0 spiro atoms. The quantitative estimate of drug-likeness (QED) is 0.347. The second-order valence-electron chi connectivity index (χ2n) is 7.90. The molecule has 0 radical (unpaired) electrons. The van der Waals surface area contributed by atoms with Crippen molar-refractivity contribution in [2.45, 2.75) is 54.7 Å². The van der Waals surface area contributed by atoms with Crippen molar-refractivity contribution >= 4 is 0 Å². The van der Waals surface area contributed by atoms with Crippen LogP contribution in [0.25, 0.3) is 11.1 Å². The van der Waals surface area contributed by atoms with Gasteiger partial charge in [0.1, 0.15) is 0 Å². The number of alkyl halides is 13. The maximum atomic E-state index is 14.3. The molecule has 0 bridgehead atoms. The summed E-state index contributed by atoms with van der Waals surface area (Å²) in [6.45, 7) is 0.418. The lowest BCUT2D eigenvalue weighted by molar-refractivity contribution is -0.441. The van der Waals surface area contributed by atoms with Crippen LogP contribution in [-0.2, 0) is 5.60 Å². The first-order valence-corrected chi connectivity index (χ1v) is 9.37. The molecular weight excluding hydrogens is 515 g/mol. The fourth-order valence-corrected chi connectivity index (χ4v) is 3.11. The number of aliphatic hydroxyl groups is 1. The van der Waals surface area contributed by atoms with E-state index in [0.29, 0.717) is 12.5 Å². The van der Waals surface area contributed by atoms with Crippen molar-refractivity contribution in [3.8, 4) is 11.1 Å². The van der Waals surface area contributed by atoms with E-state index in [0.717, 1.165) is 18.2 Å². The Morgan fingerprint density at radius 3 is 1.51 bits per heavy atom. The minimum Gasteiger partial charge on any atom is -0.385 e. The third-order valence-electron chi connectivity index (χ3n) is 5.16. The van der Waals surface area contributed by atoms with Crippen LogP contribution in [0.15, 0.2) is 54.6 Å². The highest BCUT2D eigenvalue weighted by atomic mass is 19.4. The molecule has 1 atom stereocenters. The van der Waals surface area contributed by atoms with Gasteiger partial charge in [-0.1, -0.05) is 48.5 Å². The maximum Gasteiger partial charge on any atom is 0.460 e. The Morgan fingerprint density at radius 2 is 1.03 bits per heavy atom. The van der Waals surface area contributed by atoms with Crippen LogP contribution in [0.4, 0.5) is 57.1 Å². The zero-order valence-electron chi connectivity index (χ0n) is 17.3. The molecule has 0 aromatic heterocycles. The summed E-state index contributed by atoms with van der Waals surface area (Å²) < 4.78 is 173. The van der Waals surface area contributed by atoms with Gasteiger partial charge < -0.3 is 5.11 Å². The van der Waals surface area contributed by atoms with E-state index >= 15 is 0 Å². The molecule has 2 aromatic rings. The van der Waals surface area contributed by atoms with E-state index < -0.39 is 53.4 Å². The summed E-state index contributed by atoms with van der Waals surface area (Å²) >= 11 is 0. The average Bonchev–Trinajstić information content (AvgIpc) is 2.72. The highest BCUT2D eigenvalue weighted by molar-refractivity contribution is 5.64. The van der Waals surface area contributed by atoms with Gasteiger partial charge in [0.25, 0.3) is 0 Å². The van der Waals surface area contributed by atoms with Gasteiger partial charge >= 0.3 is 35.8 Å². The summed E-state index contributed by atoms with van der Waals surface area (Å²) in [5, 5.41) is 10.3. The molecule has 0 aliphatic heterocycles. The van der Waals surface area contributed by atoms with E-state index in [1.807, 2.05) is 0 Å². The molecule has 1 unspecified atom stereocenters. The topological polar surface area (TPSA) is 20.2 Å². The van der Waals surface area contributed by atoms with Crippen LogP contribution in [-0.4, -0.2) is 40.9 Å². The van der Waals surface area contributed by atoms with Crippen molar-refractivity contribution in [2.24, 2.45) is 0 Å². The third-order valence-corrected chi connectivity index (χ3v) is 5.16. The number of rotatable bonds is 8. The zero-order valence-corrected chi connectivity index (χ0v) is 17.3. The summed E-state index contributed by atoms with van der Waals surface area (Å²) in [5.74, 6) is -37.5. The number of hydrogen-bond donors (Lipinski definition) is 1. The van der Waals surface area contributed by atoms with Gasteiger partial charge in [-0.3, -0.25) is 0 Å². The molecule has 2 rings (SSSR count). The summed E-state index contributed by atoms with van der Waals surface area (Å²) in [5.41, 5.74) is -3.09. The smallest absolute Gasteiger partial charge is 0.385 e. The van der Waals surface area contributed by atoms with E-state index in [4.69, 9.17) is 0 Å². The molecule has 1 nitrogen and oxygen atoms in total. The molecule has 35 heavy (non-hydrogen) atoms. The molecule has 0 saturated heterocycles. The average molecular weight is 530 g/mol. The molecule has 196 valence electrons. The van der Waals surface area contributed by atoms with E-state index in [2.05, 4.69) is 0 Å². The van der Waals surface area contributed by atoms with E-state index in [1.54, 1.807) is 18.2 Å². The van der Waals surface area contributed by atoms with Crippen molar-refractivity contribution < 1.29 is 62.2 Å². The Labute approximate surface area is 189 Å². The Hall–Kier alpha value is -2.51. The van der Waals surface area contributed by atoms with Crippen LogP contribution >= 0.6 is 0 Å². The molecule has 0 saturated carbocycles. The van der Waals surface area contributed by atoms with Crippen molar-refractivity contribution in [2.75, 3.05) is 0 Å². The Kier molecular flexibility index (Phi) is 7.02. The SMILES string of the molecule is CC(O)(CC(F)(F)C(F)(F)C(F)(F)C(F)(F)C(F)(F)C(F)(F)F)c1cccc(-c2ccccc2)c1. The zero-order chi connectivity index (χ0) is 27.3. The van der Waals surface area contributed by atoms with Crippen molar-refractivity contribution in [1.29, 1.82) is 0 Å². The van der Waals surface area contributed by atoms with Gasteiger partial charge in [0.15, 0.2) is 0 Å². The standard InChI is InChI=1S/C21H15F13O/c1-15(35,14-9-5-8-13(10-14)12-6-3-2-4-7-12)11-16(22,23)17(24,25)18(26,27)19(28,29)20(30,31)21(32,33)34/h2-10,35H,11H2,1H3. The van der Waals surface area contributed by atoms with Crippen LogP contribution in [0.1, 0.15) is 18.9 Å². The van der Waals surface area contributed by atoms with Gasteiger partial charge in [0, 0.05) is 0 Å². The first-order chi connectivity index (χ1) is 15.5. The number of hydrogen-bond acceptors (Lipinski definition) is 1. The number of benzene rings is 2. The van der Waals surface area contributed by atoms with Crippen LogP contribution in [0.2, 0.25) is 0 Å². The highest BCUT2D eigenvalue weighted by Crippen LogP contribution is 2.61. The Morgan fingerprint density at radius 1 is 0.571 bits per heavy atom. The van der Waals surface area contributed by atoms with Gasteiger partial charge in [0.05, 0.1) is 12.0 Å². The second-order valence-corrected chi connectivity index (χ2v) is 7.90. The van der Waals surface area contributed by atoms with Gasteiger partial charge in [-0.05, 0) is 29.7 Å². The second kappa shape index (κ2) is 8.56. The summed E-state index contributed by atoms with van der Waals surface area (Å²) in [6.07, 6.45) is -10.2. The van der Waals surface area contributed by atoms with E-state index in [9.17, 15) is 62.2 Å². The Bertz CT molecular complexity index is 1030. The van der Waals surface area contributed by atoms with Gasteiger partial charge in [-0.2, -0.15) is 57.1 Å². The lowest BCUT2D eigenvalue weighted by Crippen LogP contribution is -2.70. The molecule has 0 aliphatic carbocycles. The van der Waals surface area contributed by atoms with Crippen LogP contribution in [0, 0.1) is 0 Å². The van der Waals surface area contributed by atoms with Gasteiger partial charge in [0.2, 0.25) is 0 Å². The predicted octanol–water partition coefficient (Wildman–Crippen LogP) is 7.69. The highest BCUT2D eigenvalue weighted by Gasteiger charge is 2.90. The first-order valence-electron chi connectivity index (χ1n) is 9.37. The molecular formula is C21H15F13O. The van der Waals surface area contributed by atoms with Crippen molar-refractivity contribution in [3.63, 3.8) is 0 Å².